The minimum absolute atomic E-state index is 0.0968. The van der Waals surface area contributed by atoms with E-state index < -0.39 is 9.84 Å². The van der Waals surface area contributed by atoms with Gasteiger partial charge in [0.1, 0.15) is 0 Å². The van der Waals surface area contributed by atoms with Gasteiger partial charge in [-0.15, -0.1) is 0 Å². The molecule has 4 heteroatoms. The predicted octanol–water partition coefficient (Wildman–Crippen LogP) is 3.80. The van der Waals surface area contributed by atoms with Crippen LogP contribution in [0.2, 0.25) is 0 Å². The zero-order valence-corrected chi connectivity index (χ0v) is 16.3. The van der Waals surface area contributed by atoms with Crippen LogP contribution in [0.25, 0.3) is 4.47 Å². The monoisotopic (exact) mass is 414 g/mol. The predicted molar refractivity (Wildman–Crippen MR) is 105 cm³/mol. The zero-order chi connectivity index (χ0) is 17.7. The summed E-state index contributed by atoms with van der Waals surface area (Å²) in [5.74, 6) is 0. The molecule has 0 atom stereocenters. The Kier molecular flexibility index (Phi) is 5.54. The Morgan fingerprint density at radius 3 is 1.96 bits per heavy atom. The molecule has 0 bridgehead atoms. The van der Waals surface area contributed by atoms with E-state index >= 15 is 0 Å². The van der Waals surface area contributed by atoms with E-state index in [1.54, 1.807) is 12.1 Å². The quantitative estimate of drug-likeness (QED) is 0.597. The molecule has 0 unspecified atom stereocenters. The summed E-state index contributed by atoms with van der Waals surface area (Å²) in [5, 5.41) is 1.43. The number of rotatable bonds is 5. The molecule has 0 saturated heterocycles. The van der Waals surface area contributed by atoms with E-state index in [0.717, 1.165) is 20.1 Å². The number of hydrogen-bond acceptors (Lipinski definition) is 2. The Balaban J connectivity index is 2.04. The molecule has 3 rings (SSSR count). The van der Waals surface area contributed by atoms with Crippen molar-refractivity contribution in [3.8, 4) is 0 Å². The minimum atomic E-state index is -3.49. The van der Waals surface area contributed by atoms with E-state index in [-0.39, 0.29) is 15.0 Å². The molecule has 3 aromatic carbocycles. The van der Waals surface area contributed by atoms with Gasteiger partial charge in [-0.3, -0.25) is 0 Å². The van der Waals surface area contributed by atoms with Crippen molar-refractivity contribution in [3.63, 3.8) is 0 Å². The van der Waals surface area contributed by atoms with Crippen molar-refractivity contribution in [3.05, 3.63) is 101 Å². The molecule has 0 aromatic heterocycles. The van der Waals surface area contributed by atoms with E-state index in [2.05, 4.69) is 0 Å². The van der Waals surface area contributed by atoms with Crippen molar-refractivity contribution in [1.82, 2.24) is 0 Å². The third-order valence-electron chi connectivity index (χ3n) is 3.64. The van der Waals surface area contributed by atoms with Crippen LogP contribution >= 0.6 is 0 Å². The Morgan fingerprint density at radius 2 is 1.36 bits per heavy atom. The summed E-state index contributed by atoms with van der Waals surface area (Å²) < 4.78 is 27.7. The molecule has 2 nitrogen and oxygen atoms in total. The summed E-state index contributed by atoms with van der Waals surface area (Å²) in [5.41, 5.74) is 1.99. The Labute approximate surface area is 155 Å². The van der Waals surface area contributed by atoms with Gasteiger partial charge in [-0.1, -0.05) is 0 Å². The molecule has 0 spiro atoms. The SMILES string of the molecule is Cc1ccc(S(=O)(=O)/C=C(\[Se]c2ccccc2)c2ccccc2)cc1. The molecule has 0 N–H and O–H groups in total. The third-order valence-corrected chi connectivity index (χ3v) is 7.72. The van der Waals surface area contributed by atoms with Gasteiger partial charge in [0.2, 0.25) is 0 Å². The van der Waals surface area contributed by atoms with E-state index in [0.29, 0.717) is 4.90 Å². The average molecular weight is 413 g/mol. The topological polar surface area (TPSA) is 34.1 Å². The van der Waals surface area contributed by atoms with Crippen molar-refractivity contribution < 1.29 is 8.42 Å². The van der Waals surface area contributed by atoms with E-state index in [1.807, 2.05) is 79.7 Å². The molecule has 0 aliphatic rings. The summed E-state index contributed by atoms with van der Waals surface area (Å²) in [6.45, 7) is 1.94. The number of benzene rings is 3. The molecule has 0 fully saturated rings. The van der Waals surface area contributed by atoms with Gasteiger partial charge in [0.05, 0.1) is 0 Å². The van der Waals surface area contributed by atoms with Crippen molar-refractivity contribution in [2.75, 3.05) is 0 Å². The first-order valence-corrected chi connectivity index (χ1v) is 11.1. The normalized spacial score (nSPS) is 12.1. The van der Waals surface area contributed by atoms with E-state index in [9.17, 15) is 8.42 Å². The molecular formula is C21H18O2SSe. The fourth-order valence-electron chi connectivity index (χ4n) is 2.31. The van der Waals surface area contributed by atoms with Crippen LogP contribution < -0.4 is 4.46 Å². The second-order valence-corrected chi connectivity index (χ2v) is 9.76. The third kappa shape index (κ3) is 4.70. The van der Waals surface area contributed by atoms with Crippen LogP contribution in [0.4, 0.5) is 0 Å². The van der Waals surface area contributed by atoms with Crippen LogP contribution in [0.5, 0.6) is 0 Å². The number of sulfone groups is 1. The van der Waals surface area contributed by atoms with Crippen LogP contribution in [-0.4, -0.2) is 23.4 Å². The second kappa shape index (κ2) is 7.83. The van der Waals surface area contributed by atoms with Gasteiger partial charge in [-0.25, -0.2) is 0 Å². The first-order valence-electron chi connectivity index (χ1n) is 7.86. The van der Waals surface area contributed by atoms with Crippen LogP contribution in [-0.2, 0) is 9.84 Å². The fraction of sp³-hybridized carbons (Fsp3) is 0.0476. The molecule has 25 heavy (non-hydrogen) atoms. The number of hydrogen-bond donors (Lipinski definition) is 0. The van der Waals surface area contributed by atoms with E-state index in [1.165, 1.54) is 5.41 Å². The van der Waals surface area contributed by atoms with Gasteiger partial charge in [0.25, 0.3) is 0 Å². The Morgan fingerprint density at radius 1 is 0.800 bits per heavy atom. The van der Waals surface area contributed by atoms with Crippen LogP contribution in [0.1, 0.15) is 11.1 Å². The van der Waals surface area contributed by atoms with Gasteiger partial charge >= 0.3 is 155 Å². The maximum atomic E-state index is 12.9. The summed E-state index contributed by atoms with van der Waals surface area (Å²) in [4.78, 5) is 0.329. The summed E-state index contributed by atoms with van der Waals surface area (Å²) in [6, 6.07) is 26.7. The van der Waals surface area contributed by atoms with Gasteiger partial charge in [0.15, 0.2) is 0 Å². The van der Waals surface area contributed by atoms with Gasteiger partial charge in [-0.05, 0) is 0 Å². The van der Waals surface area contributed by atoms with Gasteiger partial charge < -0.3 is 0 Å². The molecule has 0 heterocycles. The number of aryl methyl sites for hydroxylation is 1. The van der Waals surface area contributed by atoms with Crippen molar-refractivity contribution in [1.29, 1.82) is 0 Å². The molecule has 3 aromatic rings. The molecule has 0 amide bonds. The summed E-state index contributed by atoms with van der Waals surface area (Å²) in [7, 11) is -3.49. The van der Waals surface area contributed by atoms with Crippen molar-refractivity contribution >= 4 is 33.7 Å². The molecule has 0 aliphatic heterocycles. The standard InChI is InChI=1S/C21H18O2SSe/c1-17-12-14-19(15-13-17)24(22,23)16-21(18-8-4-2-5-9-18)25-20-10-6-3-7-11-20/h2-16H,1H3/b21-16-. The van der Waals surface area contributed by atoms with Gasteiger partial charge in [-0.2, -0.15) is 0 Å². The van der Waals surface area contributed by atoms with Crippen LogP contribution in [0.15, 0.2) is 95.2 Å². The second-order valence-electron chi connectivity index (χ2n) is 5.62. The summed E-state index contributed by atoms with van der Waals surface area (Å²) >= 11 is -0.0968. The first kappa shape index (κ1) is 17.7. The van der Waals surface area contributed by atoms with E-state index in [4.69, 9.17) is 0 Å². The first-order chi connectivity index (χ1) is 12.0. The Bertz CT molecular complexity index is 961. The Hall–Kier alpha value is -2.13. The van der Waals surface area contributed by atoms with Crippen molar-refractivity contribution in [2.24, 2.45) is 0 Å². The molecule has 0 aliphatic carbocycles. The zero-order valence-electron chi connectivity index (χ0n) is 13.8. The average Bonchev–Trinajstić information content (AvgIpc) is 2.63. The molecule has 126 valence electrons. The molecule has 0 saturated carbocycles. The van der Waals surface area contributed by atoms with Crippen molar-refractivity contribution in [2.45, 2.75) is 11.8 Å². The van der Waals surface area contributed by atoms with Crippen LogP contribution in [0.3, 0.4) is 0 Å². The maximum absolute atomic E-state index is 12.9. The molecule has 0 radical (unpaired) electrons. The van der Waals surface area contributed by atoms with Gasteiger partial charge in [0, 0.05) is 0 Å². The fourth-order valence-corrected chi connectivity index (χ4v) is 6.20. The molecular weight excluding hydrogens is 395 g/mol. The summed E-state index contributed by atoms with van der Waals surface area (Å²) in [6.07, 6.45) is 0. The van der Waals surface area contributed by atoms with Crippen LogP contribution in [0, 0.1) is 6.92 Å².